The van der Waals surface area contributed by atoms with E-state index < -0.39 is 29.0 Å². The summed E-state index contributed by atoms with van der Waals surface area (Å²) in [4.78, 5) is 29.1. The molecule has 6 aliphatic rings. The molecule has 1 aromatic rings. The molecular formula is C41H52O7. The zero-order valence-corrected chi connectivity index (χ0v) is 30.1. The maximum Gasteiger partial charge on any atom is 0.200 e. The molecular weight excluding hydrogens is 604 g/mol. The van der Waals surface area contributed by atoms with Gasteiger partial charge in [0.15, 0.2) is 22.8 Å². The van der Waals surface area contributed by atoms with Gasteiger partial charge in [0.05, 0.1) is 5.60 Å². The second-order valence-electron chi connectivity index (χ2n) is 15.9. The molecule has 0 amide bonds. The minimum atomic E-state index is -1.39. The molecule has 48 heavy (non-hydrogen) atoms. The van der Waals surface area contributed by atoms with Gasteiger partial charge in [0.2, 0.25) is 6.29 Å². The Bertz CT molecular complexity index is 1710. The fourth-order valence-electron chi connectivity index (χ4n) is 8.75. The van der Waals surface area contributed by atoms with Gasteiger partial charge in [0, 0.05) is 40.9 Å². The summed E-state index contributed by atoms with van der Waals surface area (Å²) in [5, 5.41) is 23.3. The van der Waals surface area contributed by atoms with E-state index in [-0.39, 0.29) is 46.9 Å². The smallest absolute Gasteiger partial charge is 0.200 e. The van der Waals surface area contributed by atoms with Gasteiger partial charge in [-0.25, -0.2) is 0 Å². The lowest BCUT2D eigenvalue weighted by Gasteiger charge is -2.56. The van der Waals surface area contributed by atoms with Crippen molar-refractivity contribution in [1.29, 1.82) is 0 Å². The second-order valence-corrected chi connectivity index (χ2v) is 15.9. The number of phenolic OH excluding ortho intramolecular Hbond substituents is 1. The van der Waals surface area contributed by atoms with E-state index in [4.69, 9.17) is 14.2 Å². The number of aliphatic hydroxyl groups excluding tert-OH is 1. The van der Waals surface area contributed by atoms with Gasteiger partial charge in [-0.3, -0.25) is 9.59 Å². The number of fused-ring (bicyclic) bond motifs is 2. The third-order valence-electron chi connectivity index (χ3n) is 11.1. The van der Waals surface area contributed by atoms with Gasteiger partial charge in [-0.2, -0.15) is 0 Å². The molecule has 1 saturated carbocycles. The monoisotopic (exact) mass is 656 g/mol. The summed E-state index contributed by atoms with van der Waals surface area (Å²) < 4.78 is 20.3. The molecule has 7 nitrogen and oxygen atoms in total. The number of hydrogen-bond acceptors (Lipinski definition) is 7. The van der Waals surface area contributed by atoms with Crippen molar-refractivity contribution in [3.8, 4) is 17.2 Å². The summed E-state index contributed by atoms with van der Waals surface area (Å²) in [5.41, 5.74) is 2.77. The summed E-state index contributed by atoms with van der Waals surface area (Å²) >= 11 is 0. The Labute approximate surface area is 285 Å². The highest BCUT2D eigenvalue weighted by Gasteiger charge is 2.81. The third-order valence-corrected chi connectivity index (χ3v) is 11.1. The number of phenols is 1. The molecule has 2 N–H and O–H groups in total. The molecule has 2 fully saturated rings. The highest BCUT2D eigenvalue weighted by molar-refractivity contribution is 6.18. The summed E-state index contributed by atoms with van der Waals surface area (Å²) in [6.07, 6.45) is 13.0. The lowest BCUT2D eigenvalue weighted by molar-refractivity contribution is -0.171. The van der Waals surface area contributed by atoms with Crippen LogP contribution in [0.1, 0.15) is 116 Å². The third kappa shape index (κ3) is 5.24. The first kappa shape index (κ1) is 34.4. The number of rotatable bonds is 9. The Kier molecular flexibility index (Phi) is 8.73. The Hall–Kier alpha value is -3.42. The van der Waals surface area contributed by atoms with Crippen LogP contribution in [0.4, 0.5) is 0 Å². The van der Waals surface area contributed by atoms with E-state index in [1.54, 1.807) is 6.08 Å². The first-order valence-electron chi connectivity index (χ1n) is 17.6. The fraction of sp³-hybridized carbons (Fsp3) is 0.561. The lowest BCUT2D eigenvalue weighted by Crippen LogP contribution is -2.72. The predicted octanol–water partition coefficient (Wildman–Crippen LogP) is 8.22. The van der Waals surface area contributed by atoms with E-state index in [9.17, 15) is 19.8 Å². The van der Waals surface area contributed by atoms with Crippen LogP contribution in [0.3, 0.4) is 0 Å². The highest BCUT2D eigenvalue weighted by atomic mass is 16.6. The normalized spacial score (nSPS) is 30.7. The number of ketones is 2. The minimum absolute atomic E-state index is 0.0615. The van der Waals surface area contributed by atoms with Crippen LogP contribution < -0.4 is 9.47 Å². The van der Waals surface area contributed by atoms with Gasteiger partial charge in [0.25, 0.3) is 0 Å². The summed E-state index contributed by atoms with van der Waals surface area (Å²) in [7, 11) is 0. The number of benzene rings is 1. The molecule has 258 valence electrons. The van der Waals surface area contributed by atoms with E-state index in [0.29, 0.717) is 48.1 Å². The van der Waals surface area contributed by atoms with Crippen LogP contribution in [0.25, 0.3) is 0 Å². The van der Waals surface area contributed by atoms with E-state index in [1.165, 1.54) is 11.1 Å². The van der Waals surface area contributed by atoms with Gasteiger partial charge < -0.3 is 24.4 Å². The largest absolute Gasteiger partial charge is 0.507 e. The molecule has 3 aliphatic carbocycles. The number of allylic oxidation sites excluding steroid dienone is 8. The van der Waals surface area contributed by atoms with Gasteiger partial charge >= 0.3 is 0 Å². The molecule has 1 saturated heterocycles. The molecule has 6 atom stereocenters. The van der Waals surface area contributed by atoms with Crippen molar-refractivity contribution in [3.05, 3.63) is 74.9 Å². The Morgan fingerprint density at radius 3 is 2.31 bits per heavy atom. The standard InChI is InChI=1S/C41H52O7/c1-22(2)11-10-12-25(7)14-15-26-19-29-33(42)32-34(43)30-20-27-21-31-39(8,9)48-40(37(27)44,18-17-24(5)6)41(30,31)47-36(32)28(16-13-23(3)4)35(29)46-38(26)45/h11,13-14,17,20,26-27,31,38,42,45H,10,12,15-16,18-19,21H2,1-9H3/b25-14+/t26?,27?,31?,38?,40?,41-/m1/s1. The Balaban J connectivity index is 1.48. The van der Waals surface area contributed by atoms with Crippen molar-refractivity contribution >= 4 is 11.6 Å². The Morgan fingerprint density at radius 1 is 0.958 bits per heavy atom. The number of aliphatic hydroxyl groups is 1. The van der Waals surface area contributed by atoms with Crippen LogP contribution >= 0.6 is 0 Å². The van der Waals surface area contributed by atoms with Crippen LogP contribution in [0.15, 0.2) is 58.2 Å². The molecule has 1 aromatic carbocycles. The van der Waals surface area contributed by atoms with Crippen molar-refractivity contribution < 1.29 is 34.0 Å². The van der Waals surface area contributed by atoms with Crippen molar-refractivity contribution in [3.63, 3.8) is 0 Å². The first-order valence-corrected chi connectivity index (χ1v) is 17.6. The minimum Gasteiger partial charge on any atom is -0.507 e. The van der Waals surface area contributed by atoms with E-state index in [2.05, 4.69) is 32.9 Å². The first-order chi connectivity index (χ1) is 22.5. The molecule has 4 bridgehead atoms. The van der Waals surface area contributed by atoms with Crippen LogP contribution in [0.5, 0.6) is 17.2 Å². The van der Waals surface area contributed by atoms with Crippen molar-refractivity contribution in [2.24, 2.45) is 17.8 Å². The highest BCUT2D eigenvalue weighted by Crippen LogP contribution is 2.68. The SMILES string of the molecule is CC(C)=CCC/C(C)=C/CC1Cc2c(O)c3c(c(CC=C(C)C)c2OC1O)O[C@]12C(=CC4CC1C(C)(C)OC2(CC=C(C)C)C4=O)C3=O. The molecule has 3 heterocycles. The van der Waals surface area contributed by atoms with Crippen LogP contribution in [0.2, 0.25) is 0 Å². The number of carbonyl (C=O) groups excluding carboxylic acids is 2. The summed E-state index contributed by atoms with van der Waals surface area (Å²) in [6.45, 7) is 18.2. The fourth-order valence-corrected chi connectivity index (χ4v) is 8.75. The van der Waals surface area contributed by atoms with E-state index in [0.717, 1.165) is 24.0 Å². The van der Waals surface area contributed by atoms with Gasteiger partial charge in [-0.15, -0.1) is 0 Å². The quantitative estimate of drug-likeness (QED) is 0.258. The average molecular weight is 657 g/mol. The molecule has 0 radical (unpaired) electrons. The molecule has 7 heteroatoms. The number of hydrogen-bond donors (Lipinski definition) is 2. The van der Waals surface area contributed by atoms with Gasteiger partial charge in [0.1, 0.15) is 22.8 Å². The molecule has 1 spiro atoms. The molecule has 7 rings (SSSR count). The van der Waals surface area contributed by atoms with Gasteiger partial charge in [-0.1, -0.05) is 52.7 Å². The number of ether oxygens (including phenoxy) is 3. The predicted molar refractivity (Wildman–Crippen MR) is 186 cm³/mol. The number of aromatic hydroxyl groups is 1. The van der Waals surface area contributed by atoms with Crippen LogP contribution in [-0.4, -0.2) is 44.9 Å². The molecule has 5 unspecified atom stereocenters. The maximum absolute atomic E-state index is 14.8. The van der Waals surface area contributed by atoms with Crippen LogP contribution in [-0.2, 0) is 22.4 Å². The van der Waals surface area contributed by atoms with Crippen molar-refractivity contribution in [2.45, 2.75) is 130 Å². The lowest BCUT2D eigenvalue weighted by atomic mass is 9.51. The maximum atomic E-state index is 14.8. The summed E-state index contributed by atoms with van der Waals surface area (Å²) in [6, 6.07) is 0. The van der Waals surface area contributed by atoms with Crippen molar-refractivity contribution in [2.75, 3.05) is 0 Å². The van der Waals surface area contributed by atoms with E-state index in [1.807, 2.05) is 53.7 Å². The Morgan fingerprint density at radius 2 is 1.65 bits per heavy atom. The van der Waals surface area contributed by atoms with Crippen molar-refractivity contribution in [1.82, 2.24) is 0 Å². The summed E-state index contributed by atoms with van der Waals surface area (Å²) in [5.74, 6) is -1.00. The van der Waals surface area contributed by atoms with Gasteiger partial charge in [-0.05, 0) is 101 Å². The zero-order chi connectivity index (χ0) is 34.9. The topological polar surface area (TPSA) is 102 Å². The zero-order valence-electron chi connectivity index (χ0n) is 30.1. The number of Topliss-reactive ketones (excluding diaryl/α,β-unsaturated/α-hetero) is 2. The molecule has 3 aliphatic heterocycles. The average Bonchev–Trinajstić information content (AvgIpc) is 3.15. The molecule has 0 aromatic heterocycles. The second kappa shape index (κ2) is 12.2. The van der Waals surface area contributed by atoms with Crippen LogP contribution in [0, 0.1) is 17.8 Å². The number of carbonyl (C=O) groups is 2. The van der Waals surface area contributed by atoms with E-state index >= 15 is 0 Å².